The SMILES string of the molecule is CC(=O)CC[C@H](NC(=O)CN)C(=O)c1ccc(C)cc1. The van der Waals surface area contributed by atoms with Gasteiger partial charge in [0, 0.05) is 12.0 Å². The third kappa shape index (κ3) is 4.93. The highest BCUT2D eigenvalue weighted by atomic mass is 16.2. The van der Waals surface area contributed by atoms with E-state index < -0.39 is 11.9 Å². The van der Waals surface area contributed by atoms with Gasteiger partial charge in [0.2, 0.25) is 5.91 Å². The summed E-state index contributed by atoms with van der Waals surface area (Å²) in [5.41, 5.74) is 6.81. The Morgan fingerprint density at radius 3 is 2.30 bits per heavy atom. The molecule has 0 aliphatic rings. The van der Waals surface area contributed by atoms with Gasteiger partial charge in [-0.05, 0) is 20.3 Å². The first-order valence-corrected chi connectivity index (χ1v) is 6.53. The fourth-order valence-electron chi connectivity index (χ4n) is 1.79. The van der Waals surface area contributed by atoms with E-state index in [2.05, 4.69) is 5.32 Å². The molecule has 1 aromatic carbocycles. The Bertz CT molecular complexity index is 494. The van der Waals surface area contributed by atoms with Crippen molar-refractivity contribution in [3.05, 3.63) is 35.4 Å². The Morgan fingerprint density at radius 1 is 1.20 bits per heavy atom. The Labute approximate surface area is 118 Å². The van der Waals surface area contributed by atoms with Gasteiger partial charge in [-0.3, -0.25) is 9.59 Å². The lowest BCUT2D eigenvalue weighted by Gasteiger charge is -2.17. The van der Waals surface area contributed by atoms with Crippen LogP contribution >= 0.6 is 0 Å². The summed E-state index contributed by atoms with van der Waals surface area (Å²) in [6.07, 6.45) is 0.529. The van der Waals surface area contributed by atoms with E-state index >= 15 is 0 Å². The van der Waals surface area contributed by atoms with Crippen LogP contribution in [0.15, 0.2) is 24.3 Å². The second-order valence-electron chi connectivity index (χ2n) is 4.80. The average Bonchev–Trinajstić information content (AvgIpc) is 2.43. The summed E-state index contributed by atoms with van der Waals surface area (Å²) in [6, 6.07) is 6.39. The maximum atomic E-state index is 12.4. The van der Waals surface area contributed by atoms with Gasteiger partial charge in [0.05, 0.1) is 12.6 Å². The summed E-state index contributed by atoms with van der Waals surface area (Å²) in [5, 5.41) is 2.57. The van der Waals surface area contributed by atoms with Gasteiger partial charge in [-0.15, -0.1) is 0 Å². The first kappa shape index (κ1) is 16.0. The van der Waals surface area contributed by atoms with Gasteiger partial charge < -0.3 is 15.8 Å². The van der Waals surface area contributed by atoms with Gasteiger partial charge in [-0.25, -0.2) is 0 Å². The number of nitrogens with two attached hydrogens (primary N) is 1. The maximum absolute atomic E-state index is 12.4. The molecule has 1 amide bonds. The van der Waals surface area contributed by atoms with E-state index in [-0.39, 0.29) is 31.0 Å². The molecule has 0 spiro atoms. The lowest BCUT2D eigenvalue weighted by molar-refractivity contribution is -0.121. The molecule has 0 bridgehead atoms. The van der Waals surface area contributed by atoms with Gasteiger partial charge >= 0.3 is 0 Å². The Kier molecular flexibility index (Phi) is 6.06. The second-order valence-corrected chi connectivity index (χ2v) is 4.80. The normalized spacial score (nSPS) is 11.8. The molecule has 0 heterocycles. The zero-order valence-electron chi connectivity index (χ0n) is 11.8. The van der Waals surface area contributed by atoms with Crippen LogP contribution in [0.3, 0.4) is 0 Å². The predicted molar refractivity (Wildman–Crippen MR) is 76.4 cm³/mol. The van der Waals surface area contributed by atoms with E-state index in [4.69, 9.17) is 5.73 Å². The number of carbonyl (C=O) groups excluding carboxylic acids is 3. The van der Waals surface area contributed by atoms with Crippen LogP contribution in [0.2, 0.25) is 0 Å². The fraction of sp³-hybridized carbons (Fsp3) is 0.400. The summed E-state index contributed by atoms with van der Waals surface area (Å²) >= 11 is 0. The van der Waals surface area contributed by atoms with Gasteiger partial charge in [0.15, 0.2) is 5.78 Å². The smallest absolute Gasteiger partial charge is 0.234 e. The van der Waals surface area contributed by atoms with Crippen molar-refractivity contribution in [1.29, 1.82) is 0 Å². The number of hydrogen-bond donors (Lipinski definition) is 2. The molecule has 5 nitrogen and oxygen atoms in total. The van der Waals surface area contributed by atoms with E-state index in [0.717, 1.165) is 5.56 Å². The Morgan fingerprint density at radius 2 is 1.80 bits per heavy atom. The van der Waals surface area contributed by atoms with Crippen molar-refractivity contribution in [2.24, 2.45) is 5.73 Å². The van der Waals surface area contributed by atoms with Crippen molar-refractivity contribution in [3.63, 3.8) is 0 Å². The average molecular weight is 276 g/mol. The first-order valence-electron chi connectivity index (χ1n) is 6.53. The molecule has 0 radical (unpaired) electrons. The molecule has 0 aliphatic heterocycles. The van der Waals surface area contributed by atoms with E-state index in [1.165, 1.54) is 6.92 Å². The number of benzene rings is 1. The highest BCUT2D eigenvalue weighted by molar-refractivity contribution is 6.02. The van der Waals surface area contributed by atoms with Crippen molar-refractivity contribution >= 4 is 17.5 Å². The summed E-state index contributed by atoms with van der Waals surface area (Å²) in [5.74, 6) is -0.624. The molecule has 0 saturated carbocycles. The first-order chi connectivity index (χ1) is 9.43. The number of amides is 1. The van der Waals surface area contributed by atoms with Gasteiger partial charge in [0.1, 0.15) is 5.78 Å². The molecule has 1 aromatic rings. The molecule has 0 aromatic heterocycles. The van der Waals surface area contributed by atoms with E-state index in [0.29, 0.717) is 5.56 Å². The highest BCUT2D eigenvalue weighted by Crippen LogP contribution is 2.10. The molecule has 0 saturated heterocycles. The number of rotatable bonds is 7. The third-order valence-electron chi connectivity index (χ3n) is 2.96. The van der Waals surface area contributed by atoms with Crippen molar-refractivity contribution in [2.45, 2.75) is 32.7 Å². The van der Waals surface area contributed by atoms with Crippen LogP contribution in [-0.4, -0.2) is 30.1 Å². The largest absolute Gasteiger partial charge is 0.345 e. The molecule has 0 fully saturated rings. The monoisotopic (exact) mass is 276 g/mol. The number of hydrogen-bond acceptors (Lipinski definition) is 4. The maximum Gasteiger partial charge on any atom is 0.234 e. The summed E-state index contributed by atoms with van der Waals surface area (Å²) in [6.45, 7) is 3.20. The zero-order chi connectivity index (χ0) is 15.1. The third-order valence-corrected chi connectivity index (χ3v) is 2.96. The van der Waals surface area contributed by atoms with Crippen molar-refractivity contribution < 1.29 is 14.4 Å². The Hall–Kier alpha value is -2.01. The van der Waals surface area contributed by atoms with E-state index in [9.17, 15) is 14.4 Å². The van der Waals surface area contributed by atoms with E-state index in [1.54, 1.807) is 12.1 Å². The highest BCUT2D eigenvalue weighted by Gasteiger charge is 2.21. The number of carbonyl (C=O) groups is 3. The molecule has 1 rings (SSSR count). The molecule has 5 heteroatoms. The summed E-state index contributed by atoms with van der Waals surface area (Å²) in [7, 11) is 0. The van der Waals surface area contributed by atoms with Crippen LogP contribution in [0.25, 0.3) is 0 Å². The van der Waals surface area contributed by atoms with Crippen LogP contribution in [0.1, 0.15) is 35.7 Å². The quantitative estimate of drug-likeness (QED) is 0.727. The fourth-order valence-corrected chi connectivity index (χ4v) is 1.79. The second kappa shape index (κ2) is 7.55. The predicted octanol–water partition coefficient (Wildman–Crippen LogP) is 0.990. The van der Waals surface area contributed by atoms with Gasteiger partial charge in [0.25, 0.3) is 0 Å². The summed E-state index contributed by atoms with van der Waals surface area (Å²) < 4.78 is 0. The van der Waals surface area contributed by atoms with Crippen LogP contribution in [0.5, 0.6) is 0 Å². The van der Waals surface area contributed by atoms with Gasteiger partial charge in [-0.1, -0.05) is 29.8 Å². The van der Waals surface area contributed by atoms with Gasteiger partial charge in [-0.2, -0.15) is 0 Å². The standard InChI is InChI=1S/C15H20N2O3/c1-10-3-6-12(7-4-10)15(20)13(8-5-11(2)18)17-14(19)9-16/h3-4,6-7,13H,5,8-9,16H2,1-2H3,(H,17,19)/t13-/m0/s1. The minimum Gasteiger partial charge on any atom is -0.345 e. The molecular weight excluding hydrogens is 256 g/mol. The minimum absolute atomic E-state index is 0.0197. The molecule has 0 aliphatic carbocycles. The van der Waals surface area contributed by atoms with Crippen molar-refractivity contribution in [2.75, 3.05) is 6.54 Å². The van der Waals surface area contributed by atoms with Crippen LogP contribution in [0, 0.1) is 6.92 Å². The van der Waals surface area contributed by atoms with E-state index in [1.807, 2.05) is 19.1 Å². The lowest BCUT2D eigenvalue weighted by Crippen LogP contribution is -2.43. The molecule has 108 valence electrons. The molecular formula is C15H20N2O3. The molecule has 3 N–H and O–H groups in total. The molecule has 20 heavy (non-hydrogen) atoms. The minimum atomic E-state index is -0.711. The van der Waals surface area contributed by atoms with Crippen LogP contribution in [-0.2, 0) is 9.59 Å². The van der Waals surface area contributed by atoms with Crippen molar-refractivity contribution in [3.8, 4) is 0 Å². The topological polar surface area (TPSA) is 89.3 Å². The number of nitrogens with one attached hydrogen (secondary N) is 1. The molecule has 0 unspecified atom stereocenters. The number of Topliss-reactive ketones (excluding diaryl/α,β-unsaturated/α-hetero) is 2. The Balaban J connectivity index is 2.84. The van der Waals surface area contributed by atoms with Crippen molar-refractivity contribution in [1.82, 2.24) is 5.32 Å². The van der Waals surface area contributed by atoms with Crippen LogP contribution in [0.4, 0.5) is 0 Å². The lowest BCUT2D eigenvalue weighted by atomic mass is 9.98. The zero-order valence-corrected chi connectivity index (χ0v) is 11.8. The number of ketones is 2. The van der Waals surface area contributed by atoms with Crippen LogP contribution < -0.4 is 11.1 Å². The molecule has 1 atom stereocenters. The summed E-state index contributed by atoms with van der Waals surface area (Å²) in [4.78, 5) is 34.8. The number of aryl methyl sites for hydroxylation is 1.